The molecule has 1 rings (SSSR count). The molecule has 2 radical (unpaired) electrons. The maximum absolute atomic E-state index is 9.83. The van der Waals surface area contributed by atoms with E-state index < -0.39 is 12.4 Å². The second-order valence-electron chi connectivity index (χ2n) is 2.70. The van der Waals surface area contributed by atoms with Gasteiger partial charge in [0.1, 0.15) is 5.78 Å². The first-order valence-electron chi connectivity index (χ1n) is 4.17. The smallest absolute Gasteiger partial charge is 0.229 e. The number of hydrogen-bond donors (Lipinski definition) is 0. The zero-order chi connectivity index (χ0) is 10.1. The fourth-order valence-electron chi connectivity index (χ4n) is 0.719. The van der Waals surface area contributed by atoms with E-state index >= 15 is 0 Å². The highest BCUT2D eigenvalue weighted by molar-refractivity contribution is 6.27. The molecule has 1 fully saturated rings. The Kier molecular flexibility index (Phi) is 7.52. The van der Waals surface area contributed by atoms with Crippen LogP contribution < -0.4 is 5.11 Å². The molecule has 0 aromatic rings. The Hall–Kier alpha value is -0.683. The molecule has 0 spiro atoms. The van der Waals surface area contributed by atoms with Crippen LogP contribution in [0.15, 0.2) is 0 Å². The molecular formula is C8H13O4Si-. The molecule has 0 aliphatic carbocycles. The lowest BCUT2D eigenvalue weighted by Gasteiger charge is -2.06. The molecule has 0 aromatic heterocycles. The van der Waals surface area contributed by atoms with Crippen LogP contribution in [0.2, 0.25) is 6.04 Å². The molecule has 0 amide bonds. The van der Waals surface area contributed by atoms with Crippen molar-refractivity contribution in [2.45, 2.75) is 32.2 Å². The largest absolute Gasteiger partial charge is 0.550 e. The number of hydrogen-bond acceptors (Lipinski definition) is 4. The zero-order valence-electron chi connectivity index (χ0n) is 7.67. The van der Waals surface area contributed by atoms with Gasteiger partial charge in [0.2, 0.25) is 9.76 Å². The molecule has 5 heteroatoms. The van der Waals surface area contributed by atoms with Crippen molar-refractivity contribution in [2.75, 3.05) is 6.61 Å². The third-order valence-electron chi connectivity index (χ3n) is 1.27. The lowest BCUT2D eigenvalue weighted by Crippen LogP contribution is -2.24. The Morgan fingerprint density at radius 2 is 2.15 bits per heavy atom. The van der Waals surface area contributed by atoms with E-state index in [1.54, 1.807) is 0 Å². The number of rotatable bonds is 2. The standard InChI is InChI=1S/C4H6O3.C4H8OSi/c1-3(5)2-4(6)7;1-2-4-6-5-3-1/h2H2,1H3,(H,6,7);1-4H2/p-1. The van der Waals surface area contributed by atoms with Gasteiger partial charge < -0.3 is 14.3 Å². The zero-order valence-corrected chi connectivity index (χ0v) is 8.67. The van der Waals surface area contributed by atoms with Gasteiger partial charge in [0.05, 0.1) is 0 Å². The monoisotopic (exact) mass is 201 g/mol. The predicted octanol–water partition coefficient (Wildman–Crippen LogP) is -0.450. The molecule has 0 saturated carbocycles. The Bertz CT molecular complexity index is 142. The van der Waals surface area contributed by atoms with Gasteiger partial charge in [0.25, 0.3) is 0 Å². The van der Waals surface area contributed by atoms with Crippen LogP contribution in [0.25, 0.3) is 0 Å². The summed E-state index contributed by atoms with van der Waals surface area (Å²) >= 11 is 0. The molecule has 1 heterocycles. The Morgan fingerprint density at radius 3 is 2.23 bits per heavy atom. The molecule has 0 atom stereocenters. The molecule has 1 saturated heterocycles. The van der Waals surface area contributed by atoms with Crippen molar-refractivity contribution in [2.24, 2.45) is 0 Å². The summed E-state index contributed by atoms with van der Waals surface area (Å²) < 4.78 is 5.10. The number of ketones is 1. The molecular weight excluding hydrogens is 188 g/mol. The summed E-state index contributed by atoms with van der Waals surface area (Å²) in [5.41, 5.74) is 0. The third kappa shape index (κ3) is 11.3. The van der Waals surface area contributed by atoms with E-state index in [1.807, 2.05) is 0 Å². The maximum atomic E-state index is 9.83. The highest BCUT2D eigenvalue weighted by atomic mass is 28.2. The van der Waals surface area contributed by atoms with Crippen molar-refractivity contribution >= 4 is 21.5 Å². The average Bonchev–Trinajstić information content (AvgIpc) is 2.06. The van der Waals surface area contributed by atoms with E-state index in [4.69, 9.17) is 4.43 Å². The normalized spacial score (nSPS) is 15.5. The first kappa shape index (κ1) is 12.3. The van der Waals surface area contributed by atoms with E-state index in [1.165, 1.54) is 25.8 Å². The minimum absolute atomic E-state index is 0.375. The molecule has 13 heavy (non-hydrogen) atoms. The summed E-state index contributed by atoms with van der Waals surface area (Å²) in [7, 11) is 0.802. The summed E-state index contributed by atoms with van der Waals surface area (Å²) in [6.07, 6.45) is 2.20. The second kappa shape index (κ2) is 7.94. The van der Waals surface area contributed by atoms with Gasteiger partial charge in [-0.05, 0) is 19.4 Å². The molecule has 0 aromatic carbocycles. The van der Waals surface area contributed by atoms with Crippen molar-refractivity contribution < 1.29 is 19.1 Å². The third-order valence-corrected chi connectivity index (χ3v) is 2.24. The van der Waals surface area contributed by atoms with Gasteiger partial charge in [-0.2, -0.15) is 0 Å². The first-order valence-corrected chi connectivity index (χ1v) is 5.28. The van der Waals surface area contributed by atoms with Gasteiger partial charge in [-0.15, -0.1) is 0 Å². The van der Waals surface area contributed by atoms with Crippen LogP contribution in [0.4, 0.5) is 0 Å². The fourth-order valence-corrected chi connectivity index (χ4v) is 1.55. The van der Waals surface area contributed by atoms with Gasteiger partial charge in [-0.25, -0.2) is 0 Å². The SMILES string of the molecule is C1CC[Si]OC1.CC(=O)CC(=O)[O-]. The quantitative estimate of drug-likeness (QED) is 0.448. The molecule has 0 N–H and O–H groups in total. The summed E-state index contributed by atoms with van der Waals surface area (Å²) in [6, 6.07) is 1.31. The van der Waals surface area contributed by atoms with Crippen LogP contribution in [0.5, 0.6) is 0 Å². The van der Waals surface area contributed by atoms with Gasteiger partial charge in [0, 0.05) is 19.0 Å². The molecule has 74 valence electrons. The van der Waals surface area contributed by atoms with E-state index in [2.05, 4.69) is 0 Å². The first-order chi connectivity index (χ1) is 6.13. The van der Waals surface area contributed by atoms with Crippen LogP contribution in [0.3, 0.4) is 0 Å². The number of carboxylic acid groups (broad SMARTS) is 1. The number of Topliss-reactive ketones (excluding diaryl/α,β-unsaturated/α-hetero) is 1. The van der Waals surface area contributed by atoms with E-state index in [0.717, 1.165) is 16.4 Å². The fraction of sp³-hybridized carbons (Fsp3) is 0.750. The number of aliphatic carboxylic acids is 1. The van der Waals surface area contributed by atoms with Crippen LogP contribution >= 0.6 is 0 Å². The highest BCUT2D eigenvalue weighted by Crippen LogP contribution is 2.01. The lowest BCUT2D eigenvalue weighted by molar-refractivity contribution is -0.304. The van der Waals surface area contributed by atoms with Gasteiger partial charge in [0.15, 0.2) is 0 Å². The van der Waals surface area contributed by atoms with Crippen LogP contribution in [0.1, 0.15) is 26.2 Å². The number of carbonyl (C=O) groups excluding carboxylic acids is 2. The summed E-state index contributed by atoms with van der Waals surface area (Å²) in [5, 5.41) is 9.48. The molecule has 0 bridgehead atoms. The second-order valence-corrected chi connectivity index (χ2v) is 3.78. The Labute approximate surface area is 80.2 Å². The number of carbonyl (C=O) groups is 2. The highest BCUT2D eigenvalue weighted by Gasteiger charge is 1.97. The maximum Gasteiger partial charge on any atom is 0.229 e. The van der Waals surface area contributed by atoms with Crippen LogP contribution in [-0.2, 0) is 14.0 Å². The summed E-state index contributed by atoms with van der Waals surface area (Å²) in [4.78, 5) is 19.3. The van der Waals surface area contributed by atoms with Crippen molar-refractivity contribution in [3.05, 3.63) is 0 Å². The molecule has 4 nitrogen and oxygen atoms in total. The predicted molar refractivity (Wildman–Crippen MR) is 46.1 cm³/mol. The van der Waals surface area contributed by atoms with Crippen molar-refractivity contribution in [1.82, 2.24) is 0 Å². The van der Waals surface area contributed by atoms with Gasteiger partial charge in [-0.1, -0.05) is 6.42 Å². The van der Waals surface area contributed by atoms with Crippen molar-refractivity contribution in [3.63, 3.8) is 0 Å². The Morgan fingerprint density at radius 1 is 1.46 bits per heavy atom. The average molecular weight is 201 g/mol. The topological polar surface area (TPSA) is 66.4 Å². The molecule has 1 aliphatic rings. The molecule has 0 unspecified atom stereocenters. The molecule has 1 aliphatic heterocycles. The lowest BCUT2D eigenvalue weighted by atomic mass is 10.3. The summed E-state index contributed by atoms with van der Waals surface area (Å²) in [6.45, 7) is 2.22. The van der Waals surface area contributed by atoms with Crippen molar-refractivity contribution in [3.8, 4) is 0 Å². The van der Waals surface area contributed by atoms with Crippen LogP contribution in [0, 0.1) is 0 Å². The number of carboxylic acids is 1. The minimum atomic E-state index is -1.31. The van der Waals surface area contributed by atoms with Gasteiger partial charge >= 0.3 is 0 Å². The minimum Gasteiger partial charge on any atom is -0.550 e. The van der Waals surface area contributed by atoms with E-state index in [0.29, 0.717) is 0 Å². The Balaban J connectivity index is 0.000000223. The van der Waals surface area contributed by atoms with E-state index in [9.17, 15) is 14.7 Å². The van der Waals surface area contributed by atoms with Gasteiger partial charge in [-0.3, -0.25) is 4.79 Å². The van der Waals surface area contributed by atoms with E-state index in [-0.39, 0.29) is 5.78 Å². The summed E-state index contributed by atoms with van der Waals surface area (Å²) in [5.74, 6) is -1.69. The van der Waals surface area contributed by atoms with Crippen LogP contribution in [-0.4, -0.2) is 28.1 Å². The van der Waals surface area contributed by atoms with Crippen molar-refractivity contribution in [1.29, 1.82) is 0 Å².